The van der Waals surface area contributed by atoms with Crippen LogP contribution in [-0.2, 0) is 0 Å². The van der Waals surface area contributed by atoms with Crippen LogP contribution in [0.25, 0.3) is 32.3 Å². The summed E-state index contributed by atoms with van der Waals surface area (Å²) in [5.74, 6) is -15.6. The highest BCUT2D eigenvalue weighted by molar-refractivity contribution is 6.78. The zero-order valence-electron chi connectivity index (χ0n) is 31.7. The molecule has 0 aliphatic rings. The third-order valence-corrected chi connectivity index (χ3v) is 22.0. The van der Waals surface area contributed by atoms with Crippen LogP contribution in [-0.4, -0.2) is 16.4 Å². The smallest absolute Gasteiger partial charge is 0.254 e. The average Bonchev–Trinajstić information content (AvgIpc) is 3.11. The van der Waals surface area contributed by atoms with Crippen molar-refractivity contribution in [1.29, 1.82) is 0 Å². The minimum Gasteiger partial charge on any atom is -0.539 e. The first-order valence-electron chi connectivity index (χ1n) is 19.5. The Balaban J connectivity index is 1.71. The van der Waals surface area contributed by atoms with Crippen LogP contribution in [0.1, 0.15) is 118 Å². The van der Waals surface area contributed by atoms with Crippen molar-refractivity contribution in [2.75, 3.05) is 0 Å². The van der Waals surface area contributed by atoms with Gasteiger partial charge in [-0.15, -0.1) is 0 Å². The molecule has 4 aromatic carbocycles. The predicted octanol–water partition coefficient (Wildman–Crippen LogP) is 15.4. The van der Waals surface area contributed by atoms with Gasteiger partial charge in [0.25, 0.3) is 8.32 Å². The molecule has 0 aliphatic heterocycles. The maximum Gasteiger partial charge on any atom is 0.254 e. The van der Waals surface area contributed by atoms with Gasteiger partial charge < -0.3 is 4.43 Å². The summed E-state index contributed by atoms with van der Waals surface area (Å²) in [6, 6.07) is 6.39. The normalized spacial score (nSPS) is 13.8. The molecule has 1 nitrogen and oxygen atoms in total. The van der Waals surface area contributed by atoms with Gasteiger partial charge in [-0.1, -0.05) is 143 Å². The van der Waals surface area contributed by atoms with Crippen molar-refractivity contribution < 1.29 is 39.5 Å². The largest absolute Gasteiger partial charge is 0.539 e. The molecule has 1 unspecified atom stereocenters. The molecule has 52 heavy (non-hydrogen) atoms. The first-order chi connectivity index (χ1) is 24.7. The van der Waals surface area contributed by atoms with Gasteiger partial charge in [-0.3, -0.25) is 0 Å². The number of hydrogen-bond acceptors (Lipinski definition) is 1. The highest BCUT2D eigenvalue weighted by atomic mass is 28.4. The highest BCUT2D eigenvalue weighted by Gasteiger charge is 2.43. The molecular weight excluding hydrogens is 717 g/mol. The van der Waals surface area contributed by atoms with Gasteiger partial charge in [0, 0.05) is 18.8 Å². The Bertz CT molecular complexity index is 1720. The van der Waals surface area contributed by atoms with E-state index in [1.807, 2.05) is 13.8 Å². The lowest BCUT2D eigenvalue weighted by Crippen LogP contribution is -2.45. The van der Waals surface area contributed by atoms with Crippen molar-refractivity contribution in [3.8, 4) is 5.75 Å². The van der Waals surface area contributed by atoms with Crippen LogP contribution >= 0.6 is 0 Å². The van der Waals surface area contributed by atoms with Gasteiger partial charge in [0.15, 0.2) is 40.7 Å². The predicted molar refractivity (Wildman–Crippen MR) is 203 cm³/mol. The molecule has 11 heteroatoms. The third kappa shape index (κ3) is 8.60. The summed E-state index contributed by atoms with van der Waals surface area (Å²) in [6.07, 6.45) is 13.1. The van der Waals surface area contributed by atoms with Crippen molar-refractivity contribution in [3.05, 3.63) is 52.6 Å². The van der Waals surface area contributed by atoms with Crippen LogP contribution in [0.5, 0.6) is 5.75 Å². The number of rotatable bonds is 22. The van der Waals surface area contributed by atoms with Crippen LogP contribution in [0.3, 0.4) is 0 Å². The molecule has 0 heterocycles. The Hall–Kier alpha value is -2.41. The van der Waals surface area contributed by atoms with Crippen molar-refractivity contribution in [3.63, 3.8) is 0 Å². The summed E-state index contributed by atoms with van der Waals surface area (Å²) in [4.78, 5) is 0. The molecule has 1 atom stereocenters. The van der Waals surface area contributed by atoms with Crippen LogP contribution in [0.15, 0.2) is 0 Å². The van der Waals surface area contributed by atoms with Gasteiger partial charge in [0.1, 0.15) is 11.6 Å². The molecule has 1 radical (unpaired) electrons. The Labute approximate surface area is 306 Å². The van der Waals surface area contributed by atoms with E-state index in [2.05, 4.69) is 27.3 Å². The second kappa shape index (κ2) is 18.3. The lowest BCUT2D eigenvalue weighted by Gasteiger charge is -2.36. The molecule has 0 N–H and O–H groups in total. The fourth-order valence-electron chi connectivity index (χ4n) is 7.88. The molecule has 0 aromatic heterocycles. The summed E-state index contributed by atoms with van der Waals surface area (Å²) in [6.45, 7) is 13.0. The molecule has 4 aromatic rings. The third-order valence-electron chi connectivity index (χ3n) is 11.9. The second-order valence-corrected chi connectivity index (χ2v) is 25.6. The molecule has 4 rings (SSSR count). The van der Waals surface area contributed by atoms with Crippen LogP contribution in [0.2, 0.25) is 42.3 Å². The Morgan fingerprint density at radius 2 is 0.846 bits per heavy atom. The van der Waals surface area contributed by atoms with E-state index in [9.17, 15) is 8.78 Å². The minimum atomic E-state index is -3.16. The monoisotopic (exact) mass is 771 g/mol. The van der Waals surface area contributed by atoms with Gasteiger partial charge in [-0.25, -0.2) is 35.1 Å². The van der Waals surface area contributed by atoms with E-state index >= 15 is 26.3 Å². The number of hydrogen-bond donors (Lipinski definition) is 0. The fraction of sp³-hybridized carbons (Fsp3) is 0.610. The van der Waals surface area contributed by atoms with Gasteiger partial charge in [-0.2, -0.15) is 0 Å². The lowest BCUT2D eigenvalue weighted by atomic mass is 9.91. The maximum atomic E-state index is 16.5. The van der Waals surface area contributed by atoms with Crippen LogP contribution < -0.4 is 4.43 Å². The summed E-state index contributed by atoms with van der Waals surface area (Å²) in [7, 11) is -4.29. The molecule has 0 amide bonds. The molecule has 0 spiro atoms. The zero-order valence-corrected chi connectivity index (χ0v) is 33.7. The first kappa shape index (κ1) is 42.3. The molecule has 0 bridgehead atoms. The fourth-order valence-corrected chi connectivity index (χ4v) is 14.3. The molecule has 0 saturated heterocycles. The molecule has 0 aliphatic carbocycles. The molecule has 0 fully saturated rings. The Morgan fingerprint density at radius 1 is 0.481 bits per heavy atom. The van der Waals surface area contributed by atoms with E-state index in [4.69, 9.17) is 4.43 Å². The number of unbranched alkanes of at least 4 members (excludes halogenated alkanes) is 11. The van der Waals surface area contributed by atoms with E-state index in [1.165, 1.54) is 30.6 Å². The minimum absolute atomic E-state index is 0.176. The summed E-state index contributed by atoms with van der Waals surface area (Å²) < 4.78 is 131. The van der Waals surface area contributed by atoms with Crippen LogP contribution in [0, 0.1) is 52.6 Å². The summed E-state index contributed by atoms with van der Waals surface area (Å²) in [5.41, 5.74) is -0.176. The van der Waals surface area contributed by atoms with E-state index in [0.29, 0.717) is 12.1 Å². The standard InChI is InChI=1S/C41H55F8OSi2/c1-7-10-11-12-13-17-20-23-52(26(4)5,24-21-18-15-14-16-19-22-51(6,8-2)9-3)50-41-39(48)33-32-31-29(35(44)37(33)46)27(42)25-28(43)30(31)36(45)38(47)34(32)40(41)49/h26H,7-24H2,1-6H3. The molecule has 0 saturated carbocycles. The number of benzene rings is 4. The molecular formula is C41H55F8OSi2. The maximum absolute atomic E-state index is 16.5. The van der Waals surface area contributed by atoms with Gasteiger partial charge in [0.2, 0.25) is 0 Å². The first-order valence-corrected chi connectivity index (χ1v) is 25.0. The highest BCUT2D eigenvalue weighted by Crippen LogP contribution is 2.48. The Morgan fingerprint density at radius 3 is 1.25 bits per heavy atom. The topological polar surface area (TPSA) is 9.23 Å². The summed E-state index contributed by atoms with van der Waals surface area (Å²) >= 11 is 0. The van der Waals surface area contributed by atoms with Gasteiger partial charge >= 0.3 is 0 Å². The molecule has 289 valence electrons. The number of halogens is 8. The zero-order chi connectivity index (χ0) is 38.4. The van der Waals surface area contributed by atoms with Gasteiger partial charge in [0.05, 0.1) is 27.6 Å². The Kier molecular flexibility index (Phi) is 14.9. The summed E-state index contributed by atoms with van der Waals surface area (Å²) in [5, 5.41) is -6.99. The quantitative estimate of drug-likeness (QED) is 0.0335. The van der Waals surface area contributed by atoms with Crippen molar-refractivity contribution in [2.24, 2.45) is 0 Å². The SMILES string of the molecule is CCCCCCCCC[Si](CCCCCCCC[Si](C)(CC)CC)(Oc1c(F)c2c(F)c(F)c3c(F)[c]c(F)c4c(F)c(F)c(c1F)c2c34)C(C)C. The van der Waals surface area contributed by atoms with E-state index in [0.717, 1.165) is 77.0 Å². The van der Waals surface area contributed by atoms with E-state index < -0.39 is 101 Å². The van der Waals surface area contributed by atoms with Crippen molar-refractivity contribution in [2.45, 2.75) is 160 Å². The van der Waals surface area contributed by atoms with E-state index in [-0.39, 0.29) is 5.54 Å². The van der Waals surface area contributed by atoms with Gasteiger partial charge in [-0.05, 0) is 17.6 Å². The second-order valence-electron chi connectivity index (χ2n) is 15.5. The van der Waals surface area contributed by atoms with Crippen molar-refractivity contribution in [1.82, 2.24) is 0 Å². The van der Waals surface area contributed by atoms with E-state index in [1.54, 1.807) is 0 Å². The average molecular weight is 772 g/mol. The van der Waals surface area contributed by atoms with Crippen molar-refractivity contribution >= 4 is 48.7 Å². The lowest BCUT2D eigenvalue weighted by molar-refractivity contribution is 0.426. The van der Waals surface area contributed by atoms with Crippen LogP contribution in [0.4, 0.5) is 35.1 Å².